The second-order valence-corrected chi connectivity index (χ2v) is 19.4. The first-order chi connectivity index (χ1) is 36.7. The Morgan fingerprint density at radius 3 is 1.22 bits per heavy atom. The van der Waals surface area contributed by atoms with E-state index in [4.69, 9.17) is 19.4 Å². The quantitative estimate of drug-likeness (QED) is 0.160. The molecule has 0 amide bonds. The van der Waals surface area contributed by atoms with Gasteiger partial charge in [-0.1, -0.05) is 231 Å². The van der Waals surface area contributed by atoms with Gasteiger partial charge in [-0.25, -0.2) is 15.0 Å². The fraction of sp³-hybridized carbons (Fsp3) is 0.0143. The maximum Gasteiger partial charge on any atom is 0.164 e. The Balaban J connectivity index is 0.833. The fourth-order valence-corrected chi connectivity index (χ4v) is 12.0. The molecule has 4 nitrogen and oxygen atoms in total. The molecule has 0 saturated carbocycles. The third kappa shape index (κ3) is 6.52. The molecule has 2 aromatic heterocycles. The van der Waals surface area contributed by atoms with Crippen LogP contribution in [-0.4, -0.2) is 15.0 Å². The molecule has 0 radical (unpaired) electrons. The van der Waals surface area contributed by atoms with E-state index >= 15 is 0 Å². The van der Waals surface area contributed by atoms with Gasteiger partial charge in [0, 0.05) is 27.5 Å². The second-order valence-electron chi connectivity index (χ2n) is 19.4. The van der Waals surface area contributed by atoms with Crippen molar-refractivity contribution in [2.24, 2.45) is 0 Å². The van der Waals surface area contributed by atoms with Crippen LogP contribution in [0.3, 0.4) is 0 Å². The minimum absolute atomic E-state index is 0.367. The van der Waals surface area contributed by atoms with Crippen LogP contribution in [0.1, 0.15) is 22.3 Å². The number of aromatic nitrogens is 3. The molecule has 344 valence electrons. The molecule has 4 heteroatoms. The van der Waals surface area contributed by atoms with E-state index < -0.39 is 0 Å². The van der Waals surface area contributed by atoms with Crippen LogP contribution in [0.5, 0.6) is 0 Å². The second kappa shape index (κ2) is 16.7. The Bertz CT molecular complexity index is 4200. The van der Waals surface area contributed by atoms with Crippen LogP contribution >= 0.6 is 0 Å². The molecule has 0 atom stereocenters. The number of fused-ring (bicyclic) bond motifs is 13. The first kappa shape index (κ1) is 42.0. The first-order valence-corrected chi connectivity index (χ1v) is 25.2. The summed E-state index contributed by atoms with van der Waals surface area (Å²) in [4.78, 5) is 15.6. The van der Waals surface area contributed by atoms with E-state index in [1.807, 2.05) is 24.3 Å². The SMILES string of the molecule is c1ccc(-c2ccc(-c3nc(-c4ccc(-c5ccccc5)cc4)nc(-c4cccc5oc6ccc(-c7cccc(-c8ccc9c(c8)-c8ccccc8C98c9ccccc9-c9ccccc98)c7)cc6c45)n3)cc2)cc1. The maximum atomic E-state index is 6.62. The predicted molar refractivity (Wildman–Crippen MR) is 301 cm³/mol. The maximum absolute atomic E-state index is 6.62. The Hall–Kier alpha value is -9.77. The van der Waals surface area contributed by atoms with E-state index in [0.717, 1.165) is 77.6 Å². The molecule has 11 aromatic carbocycles. The van der Waals surface area contributed by atoms with Crippen molar-refractivity contribution in [1.82, 2.24) is 15.0 Å². The summed E-state index contributed by atoms with van der Waals surface area (Å²) in [6.45, 7) is 0. The molecular weight excluding hydrogens is 899 g/mol. The van der Waals surface area contributed by atoms with Gasteiger partial charge >= 0.3 is 0 Å². The van der Waals surface area contributed by atoms with Crippen molar-refractivity contribution in [3.63, 3.8) is 0 Å². The monoisotopic (exact) mass is 941 g/mol. The Morgan fingerprint density at radius 1 is 0.243 bits per heavy atom. The van der Waals surface area contributed by atoms with Crippen LogP contribution in [0.25, 0.3) is 123 Å². The minimum atomic E-state index is -0.367. The largest absolute Gasteiger partial charge is 0.456 e. The topological polar surface area (TPSA) is 51.8 Å². The van der Waals surface area contributed by atoms with Gasteiger partial charge in [-0.05, 0) is 119 Å². The number of rotatable bonds is 7. The van der Waals surface area contributed by atoms with E-state index in [0.29, 0.717) is 17.5 Å². The zero-order chi connectivity index (χ0) is 48.7. The molecule has 0 aliphatic heterocycles. The molecule has 0 fully saturated rings. The van der Waals surface area contributed by atoms with Crippen molar-refractivity contribution in [3.8, 4) is 101 Å². The standard InChI is InChI=1S/C70H43N3O/c1-3-15-44(16-4-1)46-29-33-48(34-30-46)67-71-68(49-35-31-47(32-36-49)45-17-5-2-6-18-45)73-69(72-67)57-24-14-28-65-66(57)59-43-53(38-40-64(59)74-65)51-20-13-19-50(41-51)52-37-39-63-58(42-52)56-23-9-12-27-62(56)70(63)60-25-10-7-21-54(60)55-22-8-11-26-61(55)70/h1-43H. The highest BCUT2D eigenvalue weighted by molar-refractivity contribution is 6.13. The summed E-state index contributed by atoms with van der Waals surface area (Å²) in [7, 11) is 0. The molecule has 2 heterocycles. The van der Waals surface area contributed by atoms with E-state index in [1.165, 1.54) is 50.1 Å². The molecule has 15 rings (SSSR count). The lowest BCUT2D eigenvalue weighted by atomic mass is 9.70. The van der Waals surface area contributed by atoms with E-state index in [-0.39, 0.29) is 5.41 Å². The number of hydrogen-bond donors (Lipinski definition) is 0. The summed E-state index contributed by atoms with van der Waals surface area (Å²) >= 11 is 0. The number of furan rings is 1. The lowest BCUT2D eigenvalue weighted by molar-refractivity contribution is 0.669. The molecule has 13 aromatic rings. The van der Waals surface area contributed by atoms with Crippen LogP contribution in [0, 0.1) is 0 Å². The van der Waals surface area contributed by atoms with E-state index in [2.05, 4.69) is 237 Å². The Morgan fingerprint density at radius 2 is 0.635 bits per heavy atom. The Kier molecular flexibility index (Phi) is 9.45. The van der Waals surface area contributed by atoms with Gasteiger partial charge < -0.3 is 4.42 Å². The highest BCUT2D eigenvalue weighted by Gasteiger charge is 2.51. The highest BCUT2D eigenvalue weighted by Crippen LogP contribution is 2.63. The molecule has 1 spiro atoms. The van der Waals surface area contributed by atoms with Gasteiger partial charge in [0.1, 0.15) is 11.2 Å². The van der Waals surface area contributed by atoms with Gasteiger partial charge in [0.15, 0.2) is 17.5 Å². The van der Waals surface area contributed by atoms with Crippen molar-refractivity contribution in [2.75, 3.05) is 0 Å². The van der Waals surface area contributed by atoms with Crippen molar-refractivity contribution in [1.29, 1.82) is 0 Å². The molecule has 0 saturated heterocycles. The third-order valence-corrected chi connectivity index (χ3v) is 15.4. The van der Waals surface area contributed by atoms with Crippen molar-refractivity contribution < 1.29 is 4.42 Å². The lowest BCUT2D eigenvalue weighted by Crippen LogP contribution is -2.25. The molecular formula is C70H43N3O. The first-order valence-electron chi connectivity index (χ1n) is 25.2. The molecule has 2 aliphatic rings. The van der Waals surface area contributed by atoms with Crippen molar-refractivity contribution in [2.45, 2.75) is 5.41 Å². The summed E-state index contributed by atoms with van der Waals surface area (Å²) in [5, 5.41) is 1.96. The van der Waals surface area contributed by atoms with E-state index in [1.54, 1.807) is 0 Å². The summed E-state index contributed by atoms with van der Waals surface area (Å²) in [5.41, 5.74) is 23.6. The van der Waals surface area contributed by atoms with Gasteiger partial charge in [0.05, 0.1) is 5.41 Å². The van der Waals surface area contributed by atoms with Gasteiger partial charge in [-0.15, -0.1) is 0 Å². The number of hydrogen-bond acceptors (Lipinski definition) is 4. The van der Waals surface area contributed by atoms with Crippen LogP contribution in [-0.2, 0) is 5.41 Å². The Labute approximate surface area is 428 Å². The smallest absolute Gasteiger partial charge is 0.164 e. The average molecular weight is 942 g/mol. The minimum Gasteiger partial charge on any atom is -0.456 e. The highest BCUT2D eigenvalue weighted by atomic mass is 16.3. The van der Waals surface area contributed by atoms with Crippen LogP contribution < -0.4 is 0 Å². The van der Waals surface area contributed by atoms with Gasteiger partial charge in [-0.2, -0.15) is 0 Å². The molecule has 74 heavy (non-hydrogen) atoms. The van der Waals surface area contributed by atoms with Crippen LogP contribution in [0.4, 0.5) is 0 Å². The van der Waals surface area contributed by atoms with Crippen LogP contribution in [0.2, 0.25) is 0 Å². The summed E-state index contributed by atoms with van der Waals surface area (Å²) in [6, 6.07) is 93.5. The summed E-state index contributed by atoms with van der Waals surface area (Å²) < 4.78 is 6.62. The third-order valence-electron chi connectivity index (χ3n) is 15.4. The predicted octanol–water partition coefficient (Wildman–Crippen LogP) is 17.8. The van der Waals surface area contributed by atoms with Gasteiger partial charge in [-0.3, -0.25) is 0 Å². The van der Waals surface area contributed by atoms with Gasteiger partial charge in [0.2, 0.25) is 0 Å². The van der Waals surface area contributed by atoms with E-state index in [9.17, 15) is 0 Å². The number of nitrogens with zero attached hydrogens (tertiary/aromatic N) is 3. The summed E-state index contributed by atoms with van der Waals surface area (Å²) in [5.74, 6) is 1.78. The normalized spacial score (nSPS) is 12.7. The van der Waals surface area contributed by atoms with Gasteiger partial charge in [0.25, 0.3) is 0 Å². The zero-order valence-electron chi connectivity index (χ0n) is 40.1. The molecule has 0 bridgehead atoms. The fourth-order valence-electron chi connectivity index (χ4n) is 12.0. The zero-order valence-corrected chi connectivity index (χ0v) is 40.1. The summed E-state index contributed by atoms with van der Waals surface area (Å²) in [6.07, 6.45) is 0. The van der Waals surface area contributed by atoms with Crippen LogP contribution in [0.15, 0.2) is 265 Å². The molecule has 0 unspecified atom stereocenters. The molecule has 0 N–H and O–H groups in total. The number of benzene rings is 11. The average Bonchev–Trinajstić information content (AvgIpc) is 4.25. The van der Waals surface area contributed by atoms with Crippen molar-refractivity contribution >= 4 is 21.9 Å². The van der Waals surface area contributed by atoms with Crippen molar-refractivity contribution in [3.05, 3.63) is 283 Å². The lowest BCUT2D eigenvalue weighted by Gasteiger charge is -2.30. The molecule has 2 aliphatic carbocycles.